The van der Waals surface area contributed by atoms with E-state index in [2.05, 4.69) is 10.7 Å². The van der Waals surface area contributed by atoms with Crippen molar-refractivity contribution in [3.63, 3.8) is 0 Å². The average molecular weight is 104 g/mol. The summed E-state index contributed by atoms with van der Waals surface area (Å²) in [5, 5.41) is 0. The van der Waals surface area contributed by atoms with Gasteiger partial charge in [-0.1, -0.05) is 5.59 Å². The number of nitrogens with two attached hydrogens (primary N) is 1. The molecule has 0 bridgehead atoms. The summed E-state index contributed by atoms with van der Waals surface area (Å²) in [6, 6.07) is 0. The van der Waals surface area contributed by atoms with E-state index in [0.717, 1.165) is 0 Å². The van der Waals surface area contributed by atoms with Crippen LogP contribution in [0, 0.1) is 0 Å². The van der Waals surface area contributed by atoms with Gasteiger partial charge in [0, 0.05) is 0 Å². The zero-order valence-electron chi connectivity index (χ0n) is 3.38. The summed E-state index contributed by atoms with van der Waals surface area (Å²) in [6.45, 7) is 0. The third-order valence-corrected chi connectivity index (χ3v) is 0.256. The molecule has 0 aromatic rings. The molecule has 0 fully saturated rings. The summed E-state index contributed by atoms with van der Waals surface area (Å²) in [7, 11) is 0. The smallest absolute Gasteiger partial charge is 0.349 e. The van der Waals surface area contributed by atoms with Crippen molar-refractivity contribution in [1.29, 1.82) is 0 Å². The second-order valence-corrected chi connectivity index (χ2v) is 0.657. The minimum Gasteiger partial charge on any atom is -0.349 e. The van der Waals surface area contributed by atoms with Crippen molar-refractivity contribution >= 4 is 12.3 Å². The lowest BCUT2D eigenvalue weighted by atomic mass is 10.8. The summed E-state index contributed by atoms with van der Waals surface area (Å²) in [5.41, 5.74) is 1.54. The Hall–Kier alpha value is -0.940. The summed E-state index contributed by atoms with van der Waals surface area (Å²) in [5.74, 6) is 3.41. The van der Waals surface area contributed by atoms with Gasteiger partial charge in [-0.05, 0) is 0 Å². The first kappa shape index (κ1) is 6.06. The lowest BCUT2D eigenvalue weighted by Gasteiger charge is -1.89. The highest BCUT2D eigenvalue weighted by Gasteiger charge is 1.92. The predicted octanol–water partition coefficient (Wildman–Crippen LogP) is -1.89. The molecule has 5 nitrogen and oxygen atoms in total. The topological polar surface area (TPSA) is 81.4 Å². The Morgan fingerprint density at radius 2 is 2.43 bits per heavy atom. The highest BCUT2D eigenvalue weighted by Crippen LogP contribution is 1.57. The van der Waals surface area contributed by atoms with Crippen molar-refractivity contribution < 1.29 is 14.4 Å². The lowest BCUT2D eigenvalue weighted by molar-refractivity contribution is -0.154. The molecule has 7 heavy (non-hydrogen) atoms. The van der Waals surface area contributed by atoms with E-state index in [-0.39, 0.29) is 6.29 Å². The van der Waals surface area contributed by atoms with Crippen molar-refractivity contribution in [2.24, 2.45) is 5.84 Å². The Morgan fingerprint density at radius 1 is 1.86 bits per heavy atom. The Morgan fingerprint density at radius 3 is 2.57 bits per heavy atom. The first-order chi connectivity index (χ1) is 3.31. The molecule has 0 saturated heterocycles. The van der Waals surface area contributed by atoms with E-state index in [4.69, 9.17) is 0 Å². The molecular formula is C2H4N2O3. The van der Waals surface area contributed by atoms with Crippen molar-refractivity contribution in [3.05, 3.63) is 0 Å². The fourth-order valence-electron chi connectivity index (χ4n) is 0.0821. The largest absolute Gasteiger partial charge is 0.391 e. The van der Waals surface area contributed by atoms with Crippen molar-refractivity contribution in [2.45, 2.75) is 0 Å². The normalized spacial score (nSPS) is 7.57. The Bertz CT molecular complexity index is 81.0. The minimum atomic E-state index is -1.04. The molecule has 0 radical (unpaired) electrons. The molecule has 0 aliphatic carbocycles. The van der Waals surface area contributed by atoms with E-state index < -0.39 is 5.97 Å². The molecule has 0 amide bonds. The molecule has 0 spiro atoms. The molecule has 3 N–H and O–H groups in total. The van der Waals surface area contributed by atoms with E-state index in [1.54, 1.807) is 0 Å². The van der Waals surface area contributed by atoms with E-state index in [1.807, 2.05) is 0 Å². The fraction of sp³-hybridized carbons (Fsp3) is 0. The number of aldehydes is 1. The monoisotopic (exact) mass is 104 g/mol. The maximum atomic E-state index is 9.68. The SMILES string of the molecule is NNOC(=O)C=O. The Balaban J connectivity index is 3.17. The van der Waals surface area contributed by atoms with Gasteiger partial charge in [-0.15, -0.1) is 0 Å². The number of nitrogens with one attached hydrogen (secondary N) is 1. The summed E-state index contributed by atoms with van der Waals surface area (Å²) < 4.78 is 0. The third kappa shape index (κ3) is 2.87. The van der Waals surface area contributed by atoms with Crippen LogP contribution in [0.15, 0.2) is 0 Å². The van der Waals surface area contributed by atoms with Gasteiger partial charge in [-0.2, -0.15) is 0 Å². The second-order valence-electron chi connectivity index (χ2n) is 0.657. The molecule has 5 heteroatoms. The standard InChI is InChI=1S/C2H4N2O3/c3-4-7-2(6)1-5/h1,4H,3H2. The van der Waals surface area contributed by atoms with Gasteiger partial charge < -0.3 is 4.84 Å². The molecular weight excluding hydrogens is 100 g/mol. The molecule has 0 heterocycles. The average Bonchev–Trinajstić information content (AvgIpc) is 1.68. The zero-order valence-corrected chi connectivity index (χ0v) is 3.38. The second kappa shape index (κ2) is 3.26. The van der Waals surface area contributed by atoms with Crippen molar-refractivity contribution in [2.75, 3.05) is 0 Å². The van der Waals surface area contributed by atoms with Crippen LogP contribution in [0.1, 0.15) is 0 Å². The lowest BCUT2D eigenvalue weighted by Crippen LogP contribution is -2.26. The first-order valence-corrected chi connectivity index (χ1v) is 1.43. The molecule has 0 unspecified atom stereocenters. The van der Waals surface area contributed by atoms with E-state index in [0.29, 0.717) is 0 Å². The van der Waals surface area contributed by atoms with E-state index in [1.165, 1.54) is 5.59 Å². The number of hydrazine groups is 1. The number of hydrogen-bond acceptors (Lipinski definition) is 5. The Kier molecular flexibility index (Phi) is 2.82. The molecule has 0 aliphatic heterocycles. The van der Waals surface area contributed by atoms with Crippen LogP contribution in [0.5, 0.6) is 0 Å². The van der Waals surface area contributed by atoms with Gasteiger partial charge in [0.05, 0.1) is 0 Å². The van der Waals surface area contributed by atoms with E-state index in [9.17, 15) is 9.59 Å². The molecule has 0 rings (SSSR count). The summed E-state index contributed by atoms with van der Waals surface area (Å²) >= 11 is 0. The maximum absolute atomic E-state index is 9.68. The first-order valence-electron chi connectivity index (χ1n) is 1.43. The molecule has 0 saturated carbocycles. The van der Waals surface area contributed by atoms with Crippen LogP contribution in [0.3, 0.4) is 0 Å². The number of rotatable bonds is 2. The highest BCUT2D eigenvalue weighted by atomic mass is 16.7. The van der Waals surface area contributed by atoms with Gasteiger partial charge in [0.1, 0.15) is 0 Å². The van der Waals surface area contributed by atoms with E-state index >= 15 is 0 Å². The summed E-state index contributed by atoms with van der Waals surface area (Å²) in [4.78, 5) is 22.7. The van der Waals surface area contributed by atoms with Gasteiger partial charge >= 0.3 is 5.97 Å². The van der Waals surface area contributed by atoms with Crippen LogP contribution in [0.25, 0.3) is 0 Å². The van der Waals surface area contributed by atoms with Gasteiger partial charge in [0.25, 0.3) is 0 Å². The molecule has 0 aliphatic rings. The number of hydrogen-bond donors (Lipinski definition) is 2. The minimum absolute atomic E-state index is 0.000139. The Labute approximate surface area is 39.4 Å². The predicted molar refractivity (Wildman–Crippen MR) is 19.5 cm³/mol. The van der Waals surface area contributed by atoms with Crippen molar-refractivity contribution in [3.8, 4) is 0 Å². The van der Waals surface area contributed by atoms with Gasteiger partial charge in [0.15, 0.2) is 0 Å². The number of carbonyl (C=O) groups excluding carboxylic acids is 2. The summed E-state index contributed by atoms with van der Waals surface area (Å²) in [6.07, 6.45) is -0.000139. The zero-order chi connectivity index (χ0) is 5.70. The fourth-order valence-corrected chi connectivity index (χ4v) is 0.0821. The third-order valence-electron chi connectivity index (χ3n) is 0.256. The number of carbonyl (C=O) groups is 2. The van der Waals surface area contributed by atoms with Crippen LogP contribution < -0.4 is 11.4 Å². The highest BCUT2D eigenvalue weighted by molar-refractivity contribution is 6.20. The maximum Gasteiger partial charge on any atom is 0.391 e. The van der Waals surface area contributed by atoms with Crippen LogP contribution in [-0.4, -0.2) is 12.3 Å². The molecule has 0 aromatic heterocycles. The van der Waals surface area contributed by atoms with Gasteiger partial charge in [-0.3, -0.25) is 4.79 Å². The quantitative estimate of drug-likeness (QED) is 0.185. The van der Waals surface area contributed by atoms with Crippen LogP contribution in [0.2, 0.25) is 0 Å². The van der Waals surface area contributed by atoms with Crippen LogP contribution in [-0.2, 0) is 14.4 Å². The van der Waals surface area contributed by atoms with Gasteiger partial charge in [0.2, 0.25) is 6.29 Å². The molecule has 0 atom stereocenters. The van der Waals surface area contributed by atoms with Crippen LogP contribution >= 0.6 is 0 Å². The van der Waals surface area contributed by atoms with Crippen LogP contribution in [0.4, 0.5) is 0 Å². The van der Waals surface area contributed by atoms with Crippen molar-refractivity contribution in [1.82, 2.24) is 5.59 Å². The molecule has 40 valence electrons. The molecule has 0 aromatic carbocycles. The van der Waals surface area contributed by atoms with Gasteiger partial charge in [-0.25, -0.2) is 10.6 Å².